The van der Waals surface area contributed by atoms with Gasteiger partial charge in [-0.15, -0.1) is 0 Å². The Balaban J connectivity index is 1.91. The molecule has 0 unspecified atom stereocenters. The lowest BCUT2D eigenvalue weighted by Crippen LogP contribution is -2.30. The monoisotopic (exact) mass is 315 g/mol. The first-order valence-electron chi connectivity index (χ1n) is 7.01. The zero-order chi connectivity index (χ0) is 16.7. The van der Waals surface area contributed by atoms with Gasteiger partial charge < -0.3 is 15.4 Å². The van der Waals surface area contributed by atoms with Crippen LogP contribution in [-0.2, 0) is 6.42 Å². The highest BCUT2D eigenvalue weighted by Crippen LogP contribution is 2.28. The second-order valence-corrected chi connectivity index (χ2v) is 4.76. The predicted octanol–water partition coefficient (Wildman–Crippen LogP) is 2.97. The molecule has 2 N–H and O–H groups in total. The third-order valence-corrected chi connectivity index (χ3v) is 3.19. The lowest BCUT2D eigenvalue weighted by molar-refractivity contribution is -0.384. The van der Waals surface area contributed by atoms with E-state index < -0.39 is 11.0 Å². The highest BCUT2D eigenvalue weighted by molar-refractivity contribution is 5.91. The highest BCUT2D eigenvalue weighted by Gasteiger charge is 2.13. The standard InChI is InChI=1S/C16H17N3O4/c1-23-15-11-13(19(21)22)7-8-14(15)18-16(20)17-10-9-12-5-3-2-4-6-12/h2-8,11H,9-10H2,1H3,(H2,17,18,20). The van der Waals surface area contributed by atoms with Gasteiger partial charge in [-0.25, -0.2) is 4.79 Å². The van der Waals surface area contributed by atoms with Crippen molar-refractivity contribution in [1.29, 1.82) is 0 Å². The lowest BCUT2D eigenvalue weighted by atomic mass is 10.1. The van der Waals surface area contributed by atoms with Gasteiger partial charge in [-0.05, 0) is 18.1 Å². The Kier molecular flexibility index (Phi) is 5.51. The van der Waals surface area contributed by atoms with Gasteiger partial charge in [0, 0.05) is 12.6 Å². The molecule has 0 aliphatic carbocycles. The minimum atomic E-state index is -0.522. The van der Waals surface area contributed by atoms with Crippen LogP contribution in [0.4, 0.5) is 16.2 Å². The largest absolute Gasteiger partial charge is 0.494 e. The summed E-state index contributed by atoms with van der Waals surface area (Å²) in [6.07, 6.45) is 0.714. The normalized spacial score (nSPS) is 9.96. The van der Waals surface area contributed by atoms with Crippen LogP contribution in [-0.4, -0.2) is 24.6 Å². The molecule has 7 heteroatoms. The second kappa shape index (κ2) is 7.79. The van der Waals surface area contributed by atoms with Crippen LogP contribution in [0.2, 0.25) is 0 Å². The van der Waals surface area contributed by atoms with Gasteiger partial charge in [-0.2, -0.15) is 0 Å². The summed E-state index contributed by atoms with van der Waals surface area (Å²) >= 11 is 0. The van der Waals surface area contributed by atoms with Crippen LogP contribution >= 0.6 is 0 Å². The van der Waals surface area contributed by atoms with Crippen LogP contribution in [0.5, 0.6) is 5.75 Å². The molecule has 0 bridgehead atoms. The van der Waals surface area contributed by atoms with E-state index in [0.29, 0.717) is 18.7 Å². The molecule has 0 atom stereocenters. The first-order valence-corrected chi connectivity index (χ1v) is 7.01. The van der Waals surface area contributed by atoms with E-state index in [0.717, 1.165) is 5.56 Å². The molecular weight excluding hydrogens is 298 g/mol. The summed E-state index contributed by atoms with van der Waals surface area (Å²) in [4.78, 5) is 22.1. The minimum Gasteiger partial charge on any atom is -0.494 e. The van der Waals surface area contributed by atoms with Crippen LogP contribution in [0.1, 0.15) is 5.56 Å². The number of benzene rings is 2. The zero-order valence-corrected chi connectivity index (χ0v) is 12.6. The maximum atomic E-state index is 11.9. The molecule has 23 heavy (non-hydrogen) atoms. The molecular formula is C16H17N3O4. The van der Waals surface area contributed by atoms with Crippen molar-refractivity contribution in [1.82, 2.24) is 5.32 Å². The van der Waals surface area contributed by atoms with Crippen molar-refractivity contribution in [2.45, 2.75) is 6.42 Å². The summed E-state index contributed by atoms with van der Waals surface area (Å²) in [5, 5.41) is 16.1. The fourth-order valence-corrected chi connectivity index (χ4v) is 2.03. The summed E-state index contributed by atoms with van der Waals surface area (Å²) in [7, 11) is 1.39. The Morgan fingerprint density at radius 1 is 1.22 bits per heavy atom. The van der Waals surface area contributed by atoms with Crippen LogP contribution in [0.25, 0.3) is 0 Å². The van der Waals surface area contributed by atoms with Crippen molar-refractivity contribution in [3.8, 4) is 5.75 Å². The molecule has 2 rings (SSSR count). The molecule has 0 aliphatic heterocycles. The Bertz CT molecular complexity index is 689. The summed E-state index contributed by atoms with van der Waals surface area (Å²) < 4.78 is 5.06. The van der Waals surface area contributed by atoms with E-state index in [9.17, 15) is 14.9 Å². The highest BCUT2D eigenvalue weighted by atomic mass is 16.6. The number of nitrogens with zero attached hydrogens (tertiary/aromatic N) is 1. The molecule has 0 aromatic heterocycles. The maximum absolute atomic E-state index is 11.9. The van der Waals surface area contributed by atoms with Crippen molar-refractivity contribution in [3.63, 3.8) is 0 Å². The topological polar surface area (TPSA) is 93.5 Å². The number of hydrogen-bond donors (Lipinski definition) is 2. The zero-order valence-electron chi connectivity index (χ0n) is 12.6. The van der Waals surface area contributed by atoms with Crippen LogP contribution in [0.3, 0.4) is 0 Å². The molecule has 2 aromatic carbocycles. The van der Waals surface area contributed by atoms with Crippen LogP contribution in [0.15, 0.2) is 48.5 Å². The summed E-state index contributed by atoms with van der Waals surface area (Å²) in [5.41, 5.74) is 1.40. The molecule has 7 nitrogen and oxygen atoms in total. The van der Waals surface area contributed by atoms with Gasteiger partial charge in [-0.1, -0.05) is 30.3 Å². The van der Waals surface area contributed by atoms with E-state index in [4.69, 9.17) is 4.74 Å². The lowest BCUT2D eigenvalue weighted by Gasteiger charge is -2.11. The van der Waals surface area contributed by atoms with E-state index >= 15 is 0 Å². The van der Waals surface area contributed by atoms with E-state index in [1.807, 2.05) is 30.3 Å². The number of ether oxygens (including phenoxy) is 1. The first-order chi connectivity index (χ1) is 11.1. The summed E-state index contributed by atoms with van der Waals surface area (Å²) in [5.74, 6) is 0.234. The van der Waals surface area contributed by atoms with E-state index in [-0.39, 0.29) is 11.4 Å². The fraction of sp³-hybridized carbons (Fsp3) is 0.188. The number of hydrogen-bond acceptors (Lipinski definition) is 4. The average Bonchev–Trinajstić information content (AvgIpc) is 2.56. The molecule has 0 aliphatic rings. The van der Waals surface area contributed by atoms with Gasteiger partial charge in [0.2, 0.25) is 0 Å². The third kappa shape index (κ3) is 4.70. The van der Waals surface area contributed by atoms with Gasteiger partial charge in [0.15, 0.2) is 0 Å². The van der Waals surface area contributed by atoms with Gasteiger partial charge in [0.1, 0.15) is 5.75 Å². The average molecular weight is 315 g/mol. The van der Waals surface area contributed by atoms with Crippen molar-refractivity contribution < 1.29 is 14.5 Å². The molecule has 0 saturated heterocycles. The van der Waals surface area contributed by atoms with Gasteiger partial charge in [-0.3, -0.25) is 10.1 Å². The first kappa shape index (κ1) is 16.3. The summed E-state index contributed by atoms with van der Waals surface area (Å²) in [6, 6.07) is 13.4. The number of carbonyl (C=O) groups excluding carboxylic acids is 1. The predicted molar refractivity (Wildman–Crippen MR) is 86.8 cm³/mol. The van der Waals surface area contributed by atoms with Crippen molar-refractivity contribution in [2.75, 3.05) is 19.0 Å². The molecule has 0 radical (unpaired) electrons. The number of urea groups is 1. The number of nitrogens with one attached hydrogen (secondary N) is 2. The number of rotatable bonds is 6. The third-order valence-electron chi connectivity index (χ3n) is 3.19. The Hall–Kier alpha value is -3.09. The van der Waals surface area contributed by atoms with E-state index in [2.05, 4.69) is 10.6 Å². The van der Waals surface area contributed by atoms with Gasteiger partial charge in [0.25, 0.3) is 5.69 Å². The molecule has 120 valence electrons. The Morgan fingerprint density at radius 2 is 1.96 bits per heavy atom. The van der Waals surface area contributed by atoms with Crippen molar-refractivity contribution >= 4 is 17.4 Å². The number of anilines is 1. The number of amides is 2. The molecule has 0 spiro atoms. The number of nitro benzene ring substituents is 1. The number of nitro groups is 1. The molecule has 0 fully saturated rings. The summed E-state index contributed by atoms with van der Waals surface area (Å²) in [6.45, 7) is 0.477. The van der Waals surface area contributed by atoms with Crippen molar-refractivity contribution in [3.05, 3.63) is 64.2 Å². The SMILES string of the molecule is COc1cc([N+](=O)[O-])ccc1NC(=O)NCCc1ccccc1. The second-order valence-electron chi connectivity index (χ2n) is 4.76. The number of carbonyl (C=O) groups is 1. The minimum absolute atomic E-state index is 0.100. The van der Waals surface area contributed by atoms with Gasteiger partial charge in [0.05, 0.1) is 23.8 Å². The molecule has 2 aromatic rings. The molecule has 0 saturated carbocycles. The number of methoxy groups -OCH3 is 1. The Labute approximate surface area is 133 Å². The van der Waals surface area contributed by atoms with Crippen molar-refractivity contribution in [2.24, 2.45) is 0 Å². The number of non-ortho nitro benzene ring substituents is 1. The molecule has 0 heterocycles. The van der Waals surface area contributed by atoms with Crippen LogP contribution in [0, 0.1) is 10.1 Å². The van der Waals surface area contributed by atoms with Crippen LogP contribution < -0.4 is 15.4 Å². The maximum Gasteiger partial charge on any atom is 0.319 e. The Morgan fingerprint density at radius 3 is 2.61 bits per heavy atom. The smallest absolute Gasteiger partial charge is 0.319 e. The molecule has 2 amide bonds. The van der Waals surface area contributed by atoms with E-state index in [1.165, 1.54) is 25.3 Å². The van der Waals surface area contributed by atoms with Gasteiger partial charge >= 0.3 is 6.03 Å². The fourth-order valence-electron chi connectivity index (χ4n) is 2.03. The van der Waals surface area contributed by atoms with E-state index in [1.54, 1.807) is 0 Å². The quantitative estimate of drug-likeness (QED) is 0.633.